The summed E-state index contributed by atoms with van der Waals surface area (Å²) in [5.41, 5.74) is 0. The van der Waals surface area contributed by atoms with E-state index in [0.717, 1.165) is 0 Å². The summed E-state index contributed by atoms with van der Waals surface area (Å²) in [4.78, 5) is 14.2. The molecule has 1 aromatic carbocycles. The van der Waals surface area contributed by atoms with Gasteiger partial charge in [-0.15, -0.1) is 0 Å². The summed E-state index contributed by atoms with van der Waals surface area (Å²) in [6, 6.07) is 5.46. The first-order valence-corrected chi connectivity index (χ1v) is 10.3. The molecular weight excluding hydrogens is 377 g/mol. The first-order valence-electron chi connectivity index (χ1n) is 8.92. The van der Waals surface area contributed by atoms with Crippen LogP contribution in [-0.4, -0.2) is 86.4 Å². The van der Waals surface area contributed by atoms with Crippen molar-refractivity contribution in [2.24, 2.45) is 0 Å². The zero-order valence-electron chi connectivity index (χ0n) is 15.2. The Hall–Kier alpha value is -1.75. The van der Waals surface area contributed by atoms with Gasteiger partial charge in [-0.2, -0.15) is 17.0 Å². The maximum absolute atomic E-state index is 12.9. The molecule has 1 aromatic rings. The first kappa shape index (κ1) is 20.0. The summed E-state index contributed by atoms with van der Waals surface area (Å²) in [5, 5.41) is 0. The Morgan fingerprint density at radius 2 is 1.59 bits per heavy atom. The molecule has 27 heavy (non-hydrogen) atoms. The van der Waals surface area contributed by atoms with Gasteiger partial charge in [0.25, 0.3) is 16.1 Å². The topological polar surface area (TPSA) is 79.4 Å². The number of hydrogen-bond acceptors (Lipinski definition) is 5. The Bertz CT molecular complexity index is 744. The summed E-state index contributed by atoms with van der Waals surface area (Å²) < 4.78 is 51.9. The van der Waals surface area contributed by atoms with Crippen LogP contribution in [0.2, 0.25) is 0 Å². The molecule has 10 heteroatoms. The molecular formula is C17H24FN3O5S. The molecule has 3 rings (SSSR count). The molecule has 0 aliphatic carbocycles. The number of ether oxygens (including phenoxy) is 2. The van der Waals surface area contributed by atoms with Crippen molar-refractivity contribution in [3.05, 3.63) is 30.1 Å². The second-order valence-electron chi connectivity index (χ2n) is 6.46. The van der Waals surface area contributed by atoms with E-state index in [1.807, 2.05) is 0 Å². The molecule has 0 unspecified atom stereocenters. The lowest BCUT2D eigenvalue weighted by molar-refractivity contribution is -0.139. The normalized spacial score (nSPS) is 21.0. The number of rotatable bonds is 5. The van der Waals surface area contributed by atoms with Gasteiger partial charge in [-0.25, -0.2) is 4.39 Å². The third-order valence-corrected chi connectivity index (χ3v) is 6.68. The van der Waals surface area contributed by atoms with Gasteiger partial charge in [0.15, 0.2) is 6.10 Å². The van der Waals surface area contributed by atoms with Crippen molar-refractivity contribution in [1.29, 1.82) is 0 Å². The molecule has 2 aliphatic rings. The molecule has 0 aromatic heterocycles. The van der Waals surface area contributed by atoms with Gasteiger partial charge in [-0.3, -0.25) is 4.79 Å². The van der Waals surface area contributed by atoms with E-state index in [0.29, 0.717) is 45.1 Å². The van der Waals surface area contributed by atoms with Crippen LogP contribution >= 0.6 is 0 Å². The number of nitrogens with zero attached hydrogens (tertiary/aromatic N) is 3. The minimum absolute atomic E-state index is 0.220. The van der Waals surface area contributed by atoms with Gasteiger partial charge < -0.3 is 14.4 Å². The summed E-state index contributed by atoms with van der Waals surface area (Å²) in [6.07, 6.45) is -0.738. The van der Waals surface area contributed by atoms with Gasteiger partial charge in [0.05, 0.1) is 13.2 Å². The maximum atomic E-state index is 12.9. The number of halogens is 1. The highest BCUT2D eigenvalue weighted by atomic mass is 32.2. The van der Waals surface area contributed by atoms with Crippen LogP contribution in [0.25, 0.3) is 0 Å². The van der Waals surface area contributed by atoms with E-state index in [1.54, 1.807) is 11.8 Å². The van der Waals surface area contributed by atoms with Crippen LogP contribution in [0.1, 0.15) is 6.92 Å². The zero-order valence-corrected chi connectivity index (χ0v) is 16.0. The Balaban J connectivity index is 1.53. The predicted octanol–water partition coefficient (Wildman–Crippen LogP) is 0.314. The number of hydrogen-bond donors (Lipinski definition) is 0. The molecule has 0 N–H and O–H groups in total. The summed E-state index contributed by atoms with van der Waals surface area (Å²) >= 11 is 0. The molecule has 0 radical (unpaired) electrons. The standard InChI is InChI=1S/C17H24FN3O5S/c1-14(26-16-4-2-15(18)3-5-16)17(22)19-6-8-20(9-7-19)27(23,24)21-10-12-25-13-11-21/h2-5,14H,6-13H2,1H3/t14-/m0/s1. The van der Waals surface area contributed by atoms with E-state index in [1.165, 1.54) is 32.9 Å². The molecule has 2 aliphatic heterocycles. The second kappa shape index (κ2) is 8.51. The van der Waals surface area contributed by atoms with Crippen molar-refractivity contribution < 1.29 is 27.1 Å². The average molecular weight is 401 g/mol. The van der Waals surface area contributed by atoms with Gasteiger partial charge in [-0.1, -0.05) is 0 Å². The van der Waals surface area contributed by atoms with Crippen molar-refractivity contribution in [2.75, 3.05) is 52.5 Å². The zero-order chi connectivity index (χ0) is 19.4. The van der Waals surface area contributed by atoms with Crippen LogP contribution in [0.3, 0.4) is 0 Å². The SMILES string of the molecule is C[C@H](Oc1ccc(F)cc1)C(=O)N1CCN(S(=O)(=O)N2CCOCC2)CC1. The highest BCUT2D eigenvalue weighted by Crippen LogP contribution is 2.17. The van der Waals surface area contributed by atoms with Gasteiger partial charge >= 0.3 is 0 Å². The Kier molecular flexibility index (Phi) is 6.30. The monoisotopic (exact) mass is 401 g/mol. The molecule has 2 fully saturated rings. The van der Waals surface area contributed by atoms with Crippen molar-refractivity contribution in [3.63, 3.8) is 0 Å². The fourth-order valence-electron chi connectivity index (χ4n) is 3.10. The molecule has 150 valence electrons. The molecule has 8 nitrogen and oxygen atoms in total. The van der Waals surface area contributed by atoms with Gasteiger partial charge in [0, 0.05) is 39.3 Å². The van der Waals surface area contributed by atoms with Crippen LogP contribution in [0.5, 0.6) is 5.75 Å². The van der Waals surface area contributed by atoms with Crippen LogP contribution in [0.4, 0.5) is 4.39 Å². The Morgan fingerprint density at radius 1 is 1.04 bits per heavy atom. The van der Waals surface area contributed by atoms with Crippen molar-refractivity contribution >= 4 is 16.1 Å². The number of morpholine rings is 1. The lowest BCUT2D eigenvalue weighted by Crippen LogP contribution is -2.57. The fourth-order valence-corrected chi connectivity index (χ4v) is 4.67. The average Bonchev–Trinajstić information content (AvgIpc) is 2.70. The molecule has 0 saturated carbocycles. The van der Waals surface area contributed by atoms with Gasteiger partial charge in [-0.05, 0) is 31.2 Å². The number of benzene rings is 1. The van der Waals surface area contributed by atoms with Crippen LogP contribution in [0.15, 0.2) is 24.3 Å². The molecule has 1 atom stereocenters. The molecule has 0 bridgehead atoms. The first-order chi connectivity index (χ1) is 12.9. The maximum Gasteiger partial charge on any atom is 0.282 e. The molecule has 2 heterocycles. The minimum atomic E-state index is -3.53. The lowest BCUT2D eigenvalue weighted by Gasteiger charge is -2.38. The summed E-state index contributed by atoms with van der Waals surface area (Å²) in [6.45, 7) is 4.23. The fraction of sp³-hybridized carbons (Fsp3) is 0.588. The van der Waals surface area contributed by atoms with E-state index in [4.69, 9.17) is 9.47 Å². The van der Waals surface area contributed by atoms with Crippen molar-refractivity contribution in [1.82, 2.24) is 13.5 Å². The third kappa shape index (κ3) is 4.75. The number of carbonyl (C=O) groups excluding carboxylic acids is 1. The minimum Gasteiger partial charge on any atom is -0.481 e. The predicted molar refractivity (Wildman–Crippen MR) is 96.0 cm³/mol. The molecule has 0 spiro atoms. The Morgan fingerprint density at radius 3 is 2.19 bits per heavy atom. The summed E-state index contributed by atoms with van der Waals surface area (Å²) in [5.74, 6) is -0.188. The number of carbonyl (C=O) groups is 1. The second-order valence-corrected chi connectivity index (χ2v) is 8.39. The third-order valence-electron chi connectivity index (χ3n) is 4.65. The van der Waals surface area contributed by atoms with Crippen LogP contribution < -0.4 is 4.74 Å². The highest BCUT2D eigenvalue weighted by Gasteiger charge is 2.35. The number of amides is 1. The lowest BCUT2D eigenvalue weighted by atomic mass is 10.2. The smallest absolute Gasteiger partial charge is 0.282 e. The van der Waals surface area contributed by atoms with E-state index in [-0.39, 0.29) is 24.8 Å². The van der Waals surface area contributed by atoms with Crippen molar-refractivity contribution in [2.45, 2.75) is 13.0 Å². The van der Waals surface area contributed by atoms with Crippen LogP contribution in [-0.2, 0) is 19.7 Å². The van der Waals surface area contributed by atoms with E-state index >= 15 is 0 Å². The molecule has 1 amide bonds. The van der Waals surface area contributed by atoms with Gasteiger partial charge in [0.2, 0.25) is 0 Å². The molecule has 2 saturated heterocycles. The van der Waals surface area contributed by atoms with E-state index in [2.05, 4.69) is 0 Å². The number of piperazine rings is 1. The quantitative estimate of drug-likeness (QED) is 0.710. The van der Waals surface area contributed by atoms with Gasteiger partial charge in [0.1, 0.15) is 11.6 Å². The van der Waals surface area contributed by atoms with E-state index < -0.39 is 16.3 Å². The summed E-state index contributed by atoms with van der Waals surface area (Å²) in [7, 11) is -3.53. The van der Waals surface area contributed by atoms with Crippen molar-refractivity contribution in [3.8, 4) is 5.75 Å². The van der Waals surface area contributed by atoms with Crippen LogP contribution in [0, 0.1) is 5.82 Å². The largest absolute Gasteiger partial charge is 0.481 e. The van der Waals surface area contributed by atoms with E-state index in [9.17, 15) is 17.6 Å². The highest BCUT2D eigenvalue weighted by molar-refractivity contribution is 7.86. The Labute approximate surface area is 158 Å².